The molecule has 2 aromatic rings. The lowest BCUT2D eigenvalue weighted by molar-refractivity contribution is -0.109. The van der Waals surface area contributed by atoms with E-state index in [9.17, 15) is 19.0 Å². The van der Waals surface area contributed by atoms with E-state index < -0.39 is 12.0 Å². The molecule has 1 aliphatic heterocycles. The van der Waals surface area contributed by atoms with Gasteiger partial charge in [0.2, 0.25) is 5.13 Å². The second-order valence-corrected chi connectivity index (χ2v) is 6.28. The van der Waals surface area contributed by atoms with Crippen molar-refractivity contribution in [2.24, 2.45) is 0 Å². The number of phenols is 1. The maximum atomic E-state index is 12.8. The van der Waals surface area contributed by atoms with E-state index in [1.807, 2.05) is 4.90 Å². The highest BCUT2D eigenvalue weighted by Crippen LogP contribution is 2.34. The predicted octanol–water partition coefficient (Wildman–Crippen LogP) is 2.51. The van der Waals surface area contributed by atoms with Crippen LogP contribution in [0, 0.1) is 0 Å². The molecule has 0 radical (unpaired) electrons. The standard InChI is InChI=1S/C14H15F2N3O2S/c15-12(16)14(21)5-7-19(8-6-14)13-18-17-11(22-13)9-1-3-10(20)4-2-9/h1-4,12,20-21H,5-8H2. The number of benzene rings is 1. The van der Waals surface area contributed by atoms with Crippen molar-refractivity contribution in [2.45, 2.75) is 24.9 Å². The average Bonchev–Trinajstić information content (AvgIpc) is 2.98. The van der Waals surface area contributed by atoms with E-state index in [0.717, 1.165) is 5.56 Å². The lowest BCUT2D eigenvalue weighted by Gasteiger charge is -2.37. The fraction of sp³-hybridized carbons (Fsp3) is 0.429. The number of phenolic OH excluding ortho intramolecular Hbond substituents is 1. The minimum atomic E-state index is -2.73. The molecule has 0 aliphatic carbocycles. The molecule has 0 unspecified atom stereocenters. The molecule has 22 heavy (non-hydrogen) atoms. The van der Waals surface area contributed by atoms with Gasteiger partial charge in [-0.05, 0) is 37.1 Å². The van der Waals surface area contributed by atoms with Crippen molar-refractivity contribution in [1.82, 2.24) is 10.2 Å². The summed E-state index contributed by atoms with van der Waals surface area (Å²) >= 11 is 1.36. The highest BCUT2D eigenvalue weighted by atomic mass is 32.1. The van der Waals surface area contributed by atoms with Crippen LogP contribution in [0.25, 0.3) is 10.6 Å². The molecule has 3 rings (SSSR count). The molecule has 0 saturated carbocycles. The second kappa shape index (κ2) is 5.77. The summed E-state index contributed by atoms with van der Waals surface area (Å²) in [5.41, 5.74) is -1.05. The van der Waals surface area contributed by atoms with Gasteiger partial charge in [-0.1, -0.05) is 11.3 Å². The van der Waals surface area contributed by atoms with Gasteiger partial charge in [0.1, 0.15) is 16.4 Å². The van der Waals surface area contributed by atoms with Gasteiger partial charge in [0.05, 0.1) is 0 Å². The van der Waals surface area contributed by atoms with Crippen molar-refractivity contribution >= 4 is 16.5 Å². The second-order valence-electron chi connectivity index (χ2n) is 5.33. The number of halogens is 2. The van der Waals surface area contributed by atoms with E-state index in [2.05, 4.69) is 10.2 Å². The molecule has 0 bridgehead atoms. The Bertz CT molecular complexity index is 640. The van der Waals surface area contributed by atoms with Crippen molar-refractivity contribution < 1.29 is 19.0 Å². The zero-order chi connectivity index (χ0) is 15.7. The average molecular weight is 327 g/mol. The van der Waals surface area contributed by atoms with Gasteiger partial charge >= 0.3 is 0 Å². The summed E-state index contributed by atoms with van der Waals surface area (Å²) < 4.78 is 25.6. The summed E-state index contributed by atoms with van der Waals surface area (Å²) in [6.45, 7) is 0.649. The lowest BCUT2D eigenvalue weighted by Crippen LogP contribution is -2.48. The summed E-state index contributed by atoms with van der Waals surface area (Å²) in [4.78, 5) is 1.86. The first-order chi connectivity index (χ1) is 10.5. The van der Waals surface area contributed by atoms with E-state index in [1.54, 1.807) is 24.3 Å². The van der Waals surface area contributed by atoms with Gasteiger partial charge in [0.25, 0.3) is 6.43 Å². The van der Waals surface area contributed by atoms with Crippen LogP contribution < -0.4 is 4.90 Å². The summed E-state index contributed by atoms with van der Waals surface area (Å²) in [6.07, 6.45) is -2.70. The van der Waals surface area contributed by atoms with Crippen LogP contribution >= 0.6 is 11.3 Å². The molecule has 8 heteroatoms. The third-order valence-electron chi connectivity index (χ3n) is 3.83. The van der Waals surface area contributed by atoms with Crippen molar-refractivity contribution in [3.8, 4) is 16.3 Å². The van der Waals surface area contributed by atoms with Crippen LogP contribution in [0.15, 0.2) is 24.3 Å². The maximum absolute atomic E-state index is 12.8. The summed E-state index contributed by atoms with van der Waals surface area (Å²) in [5, 5.41) is 28.6. The van der Waals surface area contributed by atoms with Gasteiger partial charge in [-0.2, -0.15) is 0 Å². The third-order valence-corrected chi connectivity index (χ3v) is 4.87. The number of alkyl halides is 2. The van der Waals surface area contributed by atoms with Crippen LogP contribution in [-0.2, 0) is 0 Å². The third kappa shape index (κ3) is 2.89. The number of rotatable bonds is 3. The van der Waals surface area contributed by atoms with Crippen molar-refractivity contribution in [3.63, 3.8) is 0 Å². The van der Waals surface area contributed by atoms with Crippen LogP contribution in [0.1, 0.15) is 12.8 Å². The van der Waals surface area contributed by atoms with Gasteiger partial charge < -0.3 is 15.1 Å². The summed E-state index contributed by atoms with van der Waals surface area (Å²) in [5.74, 6) is 0.177. The molecule has 0 atom stereocenters. The monoisotopic (exact) mass is 327 g/mol. The number of nitrogens with zero attached hydrogens (tertiary/aromatic N) is 3. The van der Waals surface area contributed by atoms with Crippen LogP contribution in [0.4, 0.5) is 13.9 Å². The van der Waals surface area contributed by atoms with Crippen LogP contribution in [0.3, 0.4) is 0 Å². The van der Waals surface area contributed by atoms with Crippen molar-refractivity contribution in [3.05, 3.63) is 24.3 Å². The number of anilines is 1. The summed E-state index contributed by atoms with van der Waals surface area (Å²) in [7, 11) is 0. The SMILES string of the molecule is Oc1ccc(-c2nnc(N3CCC(O)(C(F)F)CC3)s2)cc1. The molecule has 0 spiro atoms. The molecule has 1 aliphatic rings. The molecular formula is C14H15F2N3O2S. The fourth-order valence-electron chi connectivity index (χ4n) is 2.37. The molecule has 1 aromatic carbocycles. The number of aromatic hydroxyl groups is 1. The smallest absolute Gasteiger partial charge is 0.266 e. The first-order valence-corrected chi connectivity index (χ1v) is 7.68. The zero-order valence-electron chi connectivity index (χ0n) is 11.6. The molecule has 5 nitrogen and oxygen atoms in total. The van der Waals surface area contributed by atoms with Crippen molar-refractivity contribution in [2.75, 3.05) is 18.0 Å². The largest absolute Gasteiger partial charge is 0.508 e. The van der Waals surface area contributed by atoms with Gasteiger partial charge in [-0.15, -0.1) is 10.2 Å². The van der Waals surface area contributed by atoms with Crippen LogP contribution in [-0.4, -0.2) is 45.5 Å². The molecule has 0 amide bonds. The first kappa shape index (κ1) is 15.1. The molecule has 2 N–H and O–H groups in total. The Hall–Kier alpha value is -1.80. The normalized spacial score (nSPS) is 17.9. The lowest BCUT2D eigenvalue weighted by atomic mass is 9.92. The number of aliphatic hydroxyl groups is 1. The topological polar surface area (TPSA) is 69.5 Å². The quantitative estimate of drug-likeness (QED) is 0.906. The van der Waals surface area contributed by atoms with E-state index in [4.69, 9.17) is 0 Å². The number of aromatic nitrogens is 2. The molecule has 118 valence electrons. The van der Waals surface area contributed by atoms with E-state index in [-0.39, 0.29) is 18.6 Å². The number of hydrogen-bond acceptors (Lipinski definition) is 6. The number of piperidine rings is 1. The Morgan fingerprint density at radius 1 is 1.14 bits per heavy atom. The van der Waals surface area contributed by atoms with Gasteiger partial charge in [0.15, 0.2) is 0 Å². The Labute approximate surface area is 129 Å². The number of hydrogen-bond donors (Lipinski definition) is 2. The Balaban J connectivity index is 1.71. The minimum Gasteiger partial charge on any atom is -0.508 e. The summed E-state index contributed by atoms with van der Waals surface area (Å²) in [6, 6.07) is 6.62. The highest BCUT2D eigenvalue weighted by Gasteiger charge is 2.41. The van der Waals surface area contributed by atoms with E-state index in [1.165, 1.54) is 11.3 Å². The molecule has 1 fully saturated rings. The molecule has 1 saturated heterocycles. The zero-order valence-corrected chi connectivity index (χ0v) is 12.4. The Morgan fingerprint density at radius 3 is 2.36 bits per heavy atom. The minimum absolute atomic E-state index is 0.0127. The molecular weight excluding hydrogens is 312 g/mol. The van der Waals surface area contributed by atoms with Crippen LogP contribution in [0.2, 0.25) is 0 Å². The van der Waals surface area contributed by atoms with Crippen LogP contribution in [0.5, 0.6) is 5.75 Å². The van der Waals surface area contributed by atoms with Gasteiger partial charge in [-0.25, -0.2) is 8.78 Å². The van der Waals surface area contributed by atoms with Crippen molar-refractivity contribution in [1.29, 1.82) is 0 Å². The molecule has 2 heterocycles. The highest BCUT2D eigenvalue weighted by molar-refractivity contribution is 7.18. The maximum Gasteiger partial charge on any atom is 0.266 e. The first-order valence-electron chi connectivity index (χ1n) is 6.86. The Kier molecular flexibility index (Phi) is 3.96. The predicted molar refractivity (Wildman–Crippen MR) is 79.4 cm³/mol. The van der Waals surface area contributed by atoms with Gasteiger partial charge in [0, 0.05) is 18.7 Å². The van der Waals surface area contributed by atoms with Gasteiger partial charge in [-0.3, -0.25) is 0 Å². The van der Waals surface area contributed by atoms with E-state index >= 15 is 0 Å². The fourth-order valence-corrected chi connectivity index (χ4v) is 3.27. The Morgan fingerprint density at radius 2 is 1.77 bits per heavy atom. The van der Waals surface area contributed by atoms with E-state index in [0.29, 0.717) is 23.2 Å². The molecule has 1 aromatic heterocycles.